The molecule has 0 bridgehead atoms. The summed E-state index contributed by atoms with van der Waals surface area (Å²) in [6.07, 6.45) is 2.47. The number of pyridine rings is 1. The van der Waals surface area contributed by atoms with Crippen LogP contribution < -0.4 is 5.32 Å². The minimum atomic E-state index is -0.550. The van der Waals surface area contributed by atoms with Gasteiger partial charge in [0, 0.05) is 42.4 Å². The maximum atomic E-state index is 14.0. The highest BCUT2D eigenvalue weighted by Gasteiger charge is 2.26. The second-order valence-corrected chi connectivity index (χ2v) is 8.74. The molecule has 7 heteroatoms. The molecule has 0 radical (unpaired) electrons. The van der Waals surface area contributed by atoms with E-state index in [9.17, 15) is 14.0 Å². The smallest absolute Gasteiger partial charge is 0.270 e. The van der Waals surface area contributed by atoms with Crippen molar-refractivity contribution in [3.8, 4) is 0 Å². The first kappa shape index (κ1) is 21.8. The van der Waals surface area contributed by atoms with Crippen LogP contribution in [0, 0.1) is 19.7 Å². The van der Waals surface area contributed by atoms with E-state index in [0.29, 0.717) is 25.2 Å². The van der Waals surface area contributed by atoms with Crippen LogP contribution in [0.4, 0.5) is 4.39 Å². The van der Waals surface area contributed by atoms with E-state index < -0.39 is 11.7 Å². The number of nitrogens with zero attached hydrogens (tertiary/aromatic N) is 2. The Labute approximate surface area is 196 Å². The highest BCUT2D eigenvalue weighted by atomic mass is 19.1. The number of hydrogen-bond acceptors (Lipinski definition) is 3. The Morgan fingerprint density at radius 3 is 2.79 bits per heavy atom. The Hall–Kier alpha value is -4.00. The van der Waals surface area contributed by atoms with E-state index >= 15 is 0 Å². The second kappa shape index (κ2) is 8.74. The van der Waals surface area contributed by atoms with Crippen molar-refractivity contribution in [3.05, 3.63) is 99.8 Å². The predicted octanol–water partition coefficient (Wildman–Crippen LogP) is 4.45. The molecule has 6 nitrogen and oxygen atoms in total. The van der Waals surface area contributed by atoms with Gasteiger partial charge in [0.15, 0.2) is 0 Å². The Bertz CT molecular complexity index is 1430. The topological polar surface area (TPSA) is 78.1 Å². The minimum Gasteiger partial charge on any atom is -0.351 e. The molecule has 172 valence electrons. The predicted molar refractivity (Wildman–Crippen MR) is 128 cm³/mol. The fraction of sp³-hybridized carbons (Fsp3) is 0.222. The molecule has 0 unspecified atom stereocenters. The number of H-pyrrole nitrogens is 1. The number of carbonyl (C=O) groups is 2. The molecular weight excluding hydrogens is 431 g/mol. The van der Waals surface area contributed by atoms with Gasteiger partial charge in [-0.25, -0.2) is 4.39 Å². The van der Waals surface area contributed by atoms with E-state index in [-0.39, 0.29) is 18.0 Å². The van der Waals surface area contributed by atoms with Gasteiger partial charge < -0.3 is 15.2 Å². The zero-order valence-electron chi connectivity index (χ0n) is 19.1. The van der Waals surface area contributed by atoms with Crippen molar-refractivity contribution in [2.75, 3.05) is 6.54 Å². The zero-order valence-corrected chi connectivity index (χ0v) is 19.1. The largest absolute Gasteiger partial charge is 0.351 e. The molecule has 0 aliphatic carbocycles. The van der Waals surface area contributed by atoms with Gasteiger partial charge in [0.05, 0.1) is 5.56 Å². The SMILES string of the molecule is Cc1ccc2[nH]c(C(=O)N3CCc4c(cnc(C)c4CNC(=O)c4ccccc4F)C3)cc2c1. The molecule has 2 aromatic heterocycles. The number of rotatable bonds is 4. The first-order valence-corrected chi connectivity index (χ1v) is 11.3. The fourth-order valence-electron chi connectivity index (χ4n) is 4.58. The number of halogens is 1. The number of aromatic amines is 1. The maximum Gasteiger partial charge on any atom is 0.270 e. The van der Waals surface area contributed by atoms with Crippen LogP contribution in [0.15, 0.2) is 54.7 Å². The van der Waals surface area contributed by atoms with Crippen LogP contribution in [-0.2, 0) is 19.5 Å². The zero-order chi connectivity index (χ0) is 23.8. The average Bonchev–Trinajstić information content (AvgIpc) is 3.26. The summed E-state index contributed by atoms with van der Waals surface area (Å²) >= 11 is 0. The van der Waals surface area contributed by atoms with E-state index in [4.69, 9.17) is 0 Å². The molecule has 5 rings (SSSR count). The molecular formula is C27H25FN4O2. The van der Waals surface area contributed by atoms with Gasteiger partial charge in [-0.2, -0.15) is 0 Å². The van der Waals surface area contributed by atoms with Gasteiger partial charge in [-0.3, -0.25) is 14.6 Å². The number of benzene rings is 2. The highest BCUT2D eigenvalue weighted by Crippen LogP contribution is 2.26. The second-order valence-electron chi connectivity index (χ2n) is 8.74. The number of aryl methyl sites for hydroxylation is 2. The van der Waals surface area contributed by atoms with Crippen LogP contribution in [0.5, 0.6) is 0 Å². The van der Waals surface area contributed by atoms with Crippen LogP contribution in [0.2, 0.25) is 0 Å². The molecule has 4 aromatic rings. The van der Waals surface area contributed by atoms with Crippen LogP contribution in [-0.4, -0.2) is 33.2 Å². The van der Waals surface area contributed by atoms with Gasteiger partial charge in [-0.15, -0.1) is 0 Å². The lowest BCUT2D eigenvalue weighted by molar-refractivity contribution is 0.0729. The molecule has 2 amide bonds. The Morgan fingerprint density at radius 1 is 1.15 bits per heavy atom. The van der Waals surface area contributed by atoms with Crippen LogP contribution in [0.3, 0.4) is 0 Å². The molecule has 0 saturated carbocycles. The lowest BCUT2D eigenvalue weighted by Crippen LogP contribution is -2.37. The summed E-state index contributed by atoms with van der Waals surface area (Å²) in [7, 11) is 0. The molecule has 34 heavy (non-hydrogen) atoms. The van der Waals surface area contributed by atoms with Crippen molar-refractivity contribution in [2.24, 2.45) is 0 Å². The molecule has 0 fully saturated rings. The monoisotopic (exact) mass is 456 g/mol. The first-order valence-electron chi connectivity index (χ1n) is 11.3. The fourth-order valence-corrected chi connectivity index (χ4v) is 4.58. The Balaban J connectivity index is 1.34. The molecule has 0 saturated heterocycles. The molecule has 2 aromatic carbocycles. The summed E-state index contributed by atoms with van der Waals surface area (Å²) in [4.78, 5) is 35.2. The van der Waals surface area contributed by atoms with E-state index in [1.165, 1.54) is 12.1 Å². The van der Waals surface area contributed by atoms with Gasteiger partial charge in [-0.1, -0.05) is 23.8 Å². The van der Waals surface area contributed by atoms with Gasteiger partial charge in [0.1, 0.15) is 11.5 Å². The average molecular weight is 457 g/mol. The van der Waals surface area contributed by atoms with Gasteiger partial charge in [-0.05, 0) is 67.3 Å². The highest BCUT2D eigenvalue weighted by molar-refractivity contribution is 5.98. The lowest BCUT2D eigenvalue weighted by atomic mass is 9.94. The number of nitrogens with one attached hydrogen (secondary N) is 2. The van der Waals surface area contributed by atoms with Crippen LogP contribution in [0.1, 0.15) is 48.8 Å². The molecule has 1 aliphatic heterocycles. The maximum absolute atomic E-state index is 14.0. The number of carbonyl (C=O) groups excluding carboxylic acids is 2. The van der Waals surface area contributed by atoms with Crippen LogP contribution in [0.25, 0.3) is 10.9 Å². The van der Waals surface area contributed by atoms with Crippen molar-refractivity contribution in [2.45, 2.75) is 33.4 Å². The molecule has 1 aliphatic rings. The van der Waals surface area contributed by atoms with Crippen molar-refractivity contribution in [1.29, 1.82) is 0 Å². The first-order chi connectivity index (χ1) is 16.4. The molecule has 0 atom stereocenters. The number of aromatic nitrogens is 2. The Morgan fingerprint density at radius 2 is 1.97 bits per heavy atom. The van der Waals surface area contributed by atoms with Gasteiger partial charge >= 0.3 is 0 Å². The minimum absolute atomic E-state index is 0.0169. The van der Waals surface area contributed by atoms with E-state index in [0.717, 1.165) is 38.9 Å². The summed E-state index contributed by atoms with van der Waals surface area (Å²) < 4.78 is 14.0. The van der Waals surface area contributed by atoms with Gasteiger partial charge in [0.2, 0.25) is 0 Å². The normalized spacial score (nSPS) is 13.1. The standard InChI is InChI=1S/C27H25FN4O2/c1-16-7-8-24-18(11-16)12-25(31-24)27(34)32-10-9-20-19(15-32)13-29-17(2)22(20)14-30-26(33)21-5-3-4-6-23(21)28/h3-8,11-13,31H,9-10,14-15H2,1-2H3,(H,30,33). The third-order valence-corrected chi connectivity index (χ3v) is 6.43. The van der Waals surface area contributed by atoms with Crippen molar-refractivity contribution < 1.29 is 14.0 Å². The summed E-state index contributed by atoms with van der Waals surface area (Å²) in [5, 5.41) is 3.84. The summed E-state index contributed by atoms with van der Waals surface area (Å²) in [6, 6.07) is 13.9. The van der Waals surface area contributed by atoms with Gasteiger partial charge in [0.25, 0.3) is 11.8 Å². The number of fused-ring (bicyclic) bond motifs is 2. The van der Waals surface area contributed by atoms with E-state index in [1.807, 2.05) is 36.9 Å². The van der Waals surface area contributed by atoms with Crippen molar-refractivity contribution in [1.82, 2.24) is 20.2 Å². The quantitative estimate of drug-likeness (QED) is 0.476. The molecule has 3 heterocycles. The number of hydrogen-bond donors (Lipinski definition) is 2. The summed E-state index contributed by atoms with van der Waals surface area (Å²) in [5.41, 5.74) is 6.48. The number of amides is 2. The lowest BCUT2D eigenvalue weighted by Gasteiger charge is -2.30. The Kier molecular flexibility index (Phi) is 5.61. The van der Waals surface area contributed by atoms with E-state index in [1.54, 1.807) is 18.3 Å². The van der Waals surface area contributed by atoms with Crippen molar-refractivity contribution in [3.63, 3.8) is 0 Å². The van der Waals surface area contributed by atoms with E-state index in [2.05, 4.69) is 21.4 Å². The summed E-state index contributed by atoms with van der Waals surface area (Å²) in [6.45, 7) is 5.20. The third kappa shape index (κ3) is 4.05. The van der Waals surface area contributed by atoms with Crippen LogP contribution >= 0.6 is 0 Å². The molecule has 0 spiro atoms. The summed E-state index contributed by atoms with van der Waals surface area (Å²) in [5.74, 6) is -1.06. The molecule has 2 N–H and O–H groups in total. The third-order valence-electron chi connectivity index (χ3n) is 6.43. The van der Waals surface area contributed by atoms with Crippen molar-refractivity contribution >= 4 is 22.7 Å².